The number of nitrogens with zero attached hydrogens (tertiary/aromatic N) is 2. The highest BCUT2D eigenvalue weighted by atomic mass is 16.5. The van der Waals surface area contributed by atoms with Crippen LogP contribution in [0.4, 0.5) is 5.82 Å². The second-order valence-electron chi connectivity index (χ2n) is 6.48. The lowest BCUT2D eigenvalue weighted by Gasteiger charge is -2.08. The third-order valence-corrected chi connectivity index (χ3v) is 4.35. The van der Waals surface area contributed by atoms with E-state index in [1.54, 1.807) is 13.2 Å². The lowest BCUT2D eigenvalue weighted by molar-refractivity contribution is 0.0949. The Morgan fingerprint density at radius 1 is 1.00 bits per heavy atom. The lowest BCUT2D eigenvalue weighted by Crippen LogP contribution is -2.26. The predicted molar refractivity (Wildman–Crippen MR) is 110 cm³/mol. The highest BCUT2D eigenvalue weighted by molar-refractivity contribution is 5.92. The first-order chi connectivity index (χ1) is 13.6. The molecule has 144 valence electrons. The van der Waals surface area contributed by atoms with Gasteiger partial charge in [-0.05, 0) is 36.6 Å². The lowest BCUT2D eigenvalue weighted by atomic mass is 10.1. The molecule has 1 amide bonds. The van der Waals surface area contributed by atoms with Gasteiger partial charge >= 0.3 is 0 Å². The van der Waals surface area contributed by atoms with Gasteiger partial charge in [-0.15, -0.1) is 0 Å². The van der Waals surface area contributed by atoms with Crippen LogP contribution in [0, 0.1) is 6.92 Å². The van der Waals surface area contributed by atoms with E-state index in [1.165, 1.54) is 11.9 Å². The number of aromatic nitrogens is 2. The maximum atomic E-state index is 12.4. The van der Waals surface area contributed by atoms with Gasteiger partial charge in [-0.3, -0.25) is 4.79 Å². The summed E-state index contributed by atoms with van der Waals surface area (Å²) < 4.78 is 5.14. The Morgan fingerprint density at radius 2 is 1.71 bits per heavy atom. The van der Waals surface area contributed by atoms with E-state index in [4.69, 9.17) is 4.74 Å². The molecule has 1 heterocycles. The Hall–Kier alpha value is -3.41. The zero-order chi connectivity index (χ0) is 19.8. The van der Waals surface area contributed by atoms with E-state index in [0.717, 1.165) is 23.3 Å². The Bertz CT molecular complexity index is 909. The van der Waals surface area contributed by atoms with Gasteiger partial charge in [-0.25, -0.2) is 9.97 Å². The average molecular weight is 376 g/mol. The number of methoxy groups -OCH3 is 1. The van der Waals surface area contributed by atoms with Crippen LogP contribution in [0.2, 0.25) is 0 Å². The van der Waals surface area contributed by atoms with Gasteiger partial charge in [-0.1, -0.05) is 42.0 Å². The molecule has 0 unspecified atom stereocenters. The summed E-state index contributed by atoms with van der Waals surface area (Å²) in [5, 5.41) is 6.12. The summed E-state index contributed by atoms with van der Waals surface area (Å²) in [4.78, 5) is 20.6. The predicted octanol–water partition coefficient (Wildman–Crippen LogP) is 3.38. The molecule has 0 aliphatic carbocycles. The Balaban J connectivity index is 1.50. The number of nitrogens with one attached hydrogen (secondary N) is 2. The fourth-order valence-corrected chi connectivity index (χ4v) is 2.68. The van der Waals surface area contributed by atoms with Crippen LogP contribution in [-0.4, -0.2) is 29.5 Å². The van der Waals surface area contributed by atoms with Crippen LogP contribution in [0.3, 0.4) is 0 Å². The standard InChI is InChI=1S/C22H24N4O2/c1-16-3-5-18(6-4-16)14-24-21-13-20(25-15-26-21)22(27)23-12-11-17-7-9-19(28-2)10-8-17/h3-10,13,15H,11-12,14H2,1-2H3,(H,23,27)(H,24,25,26). The van der Waals surface area contributed by atoms with Gasteiger partial charge in [0, 0.05) is 19.2 Å². The molecule has 0 spiro atoms. The minimum absolute atomic E-state index is 0.214. The normalized spacial score (nSPS) is 10.4. The molecule has 2 N–H and O–H groups in total. The van der Waals surface area contributed by atoms with Gasteiger partial charge in [0.25, 0.3) is 5.91 Å². The van der Waals surface area contributed by atoms with Crippen molar-refractivity contribution in [2.75, 3.05) is 19.0 Å². The van der Waals surface area contributed by atoms with Crippen molar-refractivity contribution in [1.29, 1.82) is 0 Å². The third-order valence-electron chi connectivity index (χ3n) is 4.35. The number of amides is 1. The van der Waals surface area contributed by atoms with Crippen molar-refractivity contribution >= 4 is 11.7 Å². The first-order valence-electron chi connectivity index (χ1n) is 9.16. The smallest absolute Gasteiger partial charge is 0.270 e. The number of carbonyl (C=O) groups is 1. The maximum Gasteiger partial charge on any atom is 0.270 e. The molecule has 0 saturated carbocycles. The molecule has 0 radical (unpaired) electrons. The molecule has 6 heteroatoms. The van der Waals surface area contributed by atoms with Crippen molar-refractivity contribution in [3.05, 3.63) is 83.3 Å². The SMILES string of the molecule is COc1ccc(CCNC(=O)c2cc(NCc3ccc(C)cc3)ncn2)cc1. The van der Waals surface area contributed by atoms with Crippen molar-refractivity contribution in [3.63, 3.8) is 0 Å². The van der Waals surface area contributed by atoms with E-state index in [-0.39, 0.29) is 5.91 Å². The van der Waals surface area contributed by atoms with Crippen LogP contribution >= 0.6 is 0 Å². The van der Waals surface area contributed by atoms with Gasteiger partial charge in [0.2, 0.25) is 0 Å². The minimum atomic E-state index is -0.214. The Labute approximate surface area is 165 Å². The van der Waals surface area contributed by atoms with Crippen LogP contribution < -0.4 is 15.4 Å². The molecule has 0 saturated heterocycles. The van der Waals surface area contributed by atoms with Crippen LogP contribution in [0.1, 0.15) is 27.2 Å². The van der Waals surface area contributed by atoms with Crippen molar-refractivity contribution in [2.45, 2.75) is 19.9 Å². The molecule has 0 aliphatic heterocycles. The second-order valence-corrected chi connectivity index (χ2v) is 6.48. The summed E-state index contributed by atoms with van der Waals surface area (Å²) >= 11 is 0. The van der Waals surface area contributed by atoms with Gasteiger partial charge < -0.3 is 15.4 Å². The Morgan fingerprint density at radius 3 is 2.43 bits per heavy atom. The Kier molecular flexibility index (Phi) is 6.57. The third kappa shape index (κ3) is 5.54. The first-order valence-corrected chi connectivity index (χ1v) is 9.16. The molecule has 0 fully saturated rings. The summed E-state index contributed by atoms with van der Waals surface area (Å²) in [6.45, 7) is 3.22. The van der Waals surface area contributed by atoms with Crippen molar-refractivity contribution in [1.82, 2.24) is 15.3 Å². The molecule has 2 aromatic carbocycles. The number of anilines is 1. The van der Waals surface area contributed by atoms with E-state index in [9.17, 15) is 4.79 Å². The molecule has 1 aromatic heterocycles. The summed E-state index contributed by atoms with van der Waals surface area (Å²) in [6, 6.07) is 17.7. The summed E-state index contributed by atoms with van der Waals surface area (Å²) in [7, 11) is 1.64. The quantitative estimate of drug-likeness (QED) is 0.630. The van der Waals surface area contributed by atoms with Gasteiger partial charge in [0.05, 0.1) is 7.11 Å². The number of aryl methyl sites for hydroxylation is 1. The highest BCUT2D eigenvalue weighted by Crippen LogP contribution is 2.12. The monoisotopic (exact) mass is 376 g/mol. The van der Waals surface area contributed by atoms with E-state index in [0.29, 0.717) is 24.6 Å². The second kappa shape index (κ2) is 9.50. The van der Waals surface area contributed by atoms with Crippen molar-refractivity contribution in [3.8, 4) is 5.75 Å². The highest BCUT2D eigenvalue weighted by Gasteiger charge is 2.08. The van der Waals surface area contributed by atoms with Crippen molar-refractivity contribution < 1.29 is 9.53 Å². The molecular weight excluding hydrogens is 352 g/mol. The molecule has 28 heavy (non-hydrogen) atoms. The van der Waals surface area contributed by atoms with Gasteiger partial charge in [0.15, 0.2) is 0 Å². The summed E-state index contributed by atoms with van der Waals surface area (Å²) in [5.74, 6) is 1.23. The van der Waals surface area contributed by atoms with E-state index >= 15 is 0 Å². The molecule has 6 nitrogen and oxygen atoms in total. The van der Waals surface area contributed by atoms with E-state index < -0.39 is 0 Å². The molecule has 0 bridgehead atoms. The fourth-order valence-electron chi connectivity index (χ4n) is 2.68. The van der Waals surface area contributed by atoms with E-state index in [2.05, 4.69) is 51.8 Å². The minimum Gasteiger partial charge on any atom is -0.497 e. The van der Waals surface area contributed by atoms with Crippen LogP contribution in [0.5, 0.6) is 5.75 Å². The van der Waals surface area contributed by atoms with Crippen LogP contribution in [-0.2, 0) is 13.0 Å². The van der Waals surface area contributed by atoms with Gasteiger partial charge in [0.1, 0.15) is 23.6 Å². The zero-order valence-corrected chi connectivity index (χ0v) is 16.1. The van der Waals surface area contributed by atoms with Crippen LogP contribution in [0.25, 0.3) is 0 Å². The number of ether oxygens (including phenoxy) is 1. The number of carbonyl (C=O) groups excluding carboxylic acids is 1. The van der Waals surface area contributed by atoms with E-state index in [1.807, 2.05) is 24.3 Å². The number of hydrogen-bond acceptors (Lipinski definition) is 5. The molecule has 3 aromatic rings. The molecule has 0 aliphatic rings. The number of benzene rings is 2. The molecular formula is C22H24N4O2. The number of hydrogen-bond donors (Lipinski definition) is 2. The molecule has 0 atom stereocenters. The average Bonchev–Trinajstić information content (AvgIpc) is 2.74. The summed E-state index contributed by atoms with van der Waals surface area (Å²) in [6.07, 6.45) is 2.13. The van der Waals surface area contributed by atoms with Crippen LogP contribution in [0.15, 0.2) is 60.9 Å². The maximum absolute atomic E-state index is 12.4. The number of rotatable bonds is 8. The summed E-state index contributed by atoms with van der Waals surface area (Å²) in [5.41, 5.74) is 3.84. The topological polar surface area (TPSA) is 76.1 Å². The fraction of sp³-hybridized carbons (Fsp3) is 0.227. The van der Waals surface area contributed by atoms with Crippen molar-refractivity contribution in [2.24, 2.45) is 0 Å². The zero-order valence-electron chi connectivity index (χ0n) is 16.1. The first kappa shape index (κ1) is 19.4. The van der Waals surface area contributed by atoms with Gasteiger partial charge in [-0.2, -0.15) is 0 Å². The largest absolute Gasteiger partial charge is 0.497 e. The molecule has 3 rings (SSSR count).